The smallest absolute Gasteiger partial charge is 0.118 e. The summed E-state index contributed by atoms with van der Waals surface area (Å²) in [6.45, 7) is 3.69. The largest absolute Gasteiger partial charge is 0.508 e. The first-order valence-corrected chi connectivity index (χ1v) is 8.29. The van der Waals surface area contributed by atoms with E-state index in [9.17, 15) is 10.2 Å². The minimum atomic E-state index is 0.274. The van der Waals surface area contributed by atoms with Crippen molar-refractivity contribution >= 4 is 23.8 Å². The van der Waals surface area contributed by atoms with Crippen LogP contribution in [0, 0.1) is 13.8 Å². The predicted molar refractivity (Wildman–Crippen MR) is 107 cm³/mol. The van der Waals surface area contributed by atoms with Gasteiger partial charge in [0.1, 0.15) is 11.5 Å². The maximum absolute atomic E-state index is 9.54. The number of aromatic hydroxyl groups is 2. The Balaban J connectivity index is 1.69. The number of benzene rings is 3. The van der Waals surface area contributed by atoms with E-state index in [1.807, 2.05) is 50.2 Å². The van der Waals surface area contributed by atoms with E-state index in [0.717, 1.165) is 33.6 Å². The molecule has 4 nitrogen and oxygen atoms in total. The van der Waals surface area contributed by atoms with Gasteiger partial charge in [-0.25, -0.2) is 0 Å². The first kappa shape index (κ1) is 17.4. The number of phenols is 2. The Labute approximate surface area is 152 Å². The highest BCUT2D eigenvalue weighted by Crippen LogP contribution is 2.23. The molecule has 26 heavy (non-hydrogen) atoms. The fourth-order valence-corrected chi connectivity index (χ4v) is 2.41. The standard InChI is InChI=1S/C22H20N2O2/c1-15-11-19(7-9-21(15)25)23-13-17-3-5-18(6-4-17)14-24-20-8-10-22(26)16(2)12-20/h3-14,25-26H,1-2H3/b23-13+,24-14+. The van der Waals surface area contributed by atoms with Gasteiger partial charge in [-0.05, 0) is 72.5 Å². The molecular weight excluding hydrogens is 324 g/mol. The third-order valence-corrected chi connectivity index (χ3v) is 4.02. The third-order valence-electron chi connectivity index (χ3n) is 4.02. The zero-order valence-electron chi connectivity index (χ0n) is 14.7. The van der Waals surface area contributed by atoms with E-state index in [1.54, 1.807) is 36.7 Å². The van der Waals surface area contributed by atoms with Crippen LogP contribution in [-0.4, -0.2) is 22.6 Å². The number of aryl methyl sites for hydroxylation is 2. The molecule has 4 heteroatoms. The Hall–Kier alpha value is -3.40. The summed E-state index contributed by atoms with van der Waals surface area (Å²) >= 11 is 0. The molecule has 0 spiro atoms. The van der Waals surface area contributed by atoms with Gasteiger partial charge in [-0.15, -0.1) is 0 Å². The fraction of sp³-hybridized carbons (Fsp3) is 0.0909. The van der Waals surface area contributed by atoms with Crippen molar-refractivity contribution < 1.29 is 10.2 Å². The second-order valence-electron chi connectivity index (χ2n) is 6.12. The molecular formula is C22H20N2O2. The third kappa shape index (κ3) is 4.36. The summed E-state index contributed by atoms with van der Waals surface area (Å²) < 4.78 is 0. The molecule has 3 rings (SSSR count). The number of hydrogen-bond acceptors (Lipinski definition) is 4. The summed E-state index contributed by atoms with van der Waals surface area (Å²) in [5.41, 5.74) is 5.16. The molecule has 0 atom stereocenters. The van der Waals surface area contributed by atoms with Crippen LogP contribution in [0.5, 0.6) is 11.5 Å². The minimum absolute atomic E-state index is 0.274. The highest BCUT2D eigenvalue weighted by Gasteiger charge is 1.98. The monoisotopic (exact) mass is 344 g/mol. The van der Waals surface area contributed by atoms with Crippen molar-refractivity contribution in [3.05, 3.63) is 82.9 Å². The zero-order chi connectivity index (χ0) is 18.5. The molecule has 0 aliphatic heterocycles. The summed E-state index contributed by atoms with van der Waals surface area (Å²) in [7, 11) is 0. The Morgan fingerprint density at radius 2 is 1.00 bits per heavy atom. The van der Waals surface area contributed by atoms with Crippen LogP contribution in [0.25, 0.3) is 0 Å². The number of phenolic OH excluding ortho intramolecular Hbond substituents is 2. The van der Waals surface area contributed by atoms with E-state index in [1.165, 1.54) is 0 Å². The summed E-state index contributed by atoms with van der Waals surface area (Å²) in [6.07, 6.45) is 3.58. The fourth-order valence-electron chi connectivity index (χ4n) is 2.41. The van der Waals surface area contributed by atoms with Crippen LogP contribution < -0.4 is 0 Å². The molecule has 2 N–H and O–H groups in total. The predicted octanol–water partition coefficient (Wildman–Crippen LogP) is 5.22. The number of rotatable bonds is 4. The lowest BCUT2D eigenvalue weighted by molar-refractivity contribution is 0.470. The van der Waals surface area contributed by atoms with Crippen molar-refractivity contribution in [2.24, 2.45) is 9.98 Å². The first-order valence-electron chi connectivity index (χ1n) is 8.29. The number of nitrogens with zero attached hydrogens (tertiary/aromatic N) is 2. The lowest BCUT2D eigenvalue weighted by Gasteiger charge is -2.00. The van der Waals surface area contributed by atoms with E-state index < -0.39 is 0 Å². The summed E-state index contributed by atoms with van der Waals surface area (Å²) in [4.78, 5) is 8.85. The molecule has 0 aliphatic carbocycles. The molecule has 0 saturated carbocycles. The topological polar surface area (TPSA) is 65.2 Å². The molecule has 3 aromatic rings. The molecule has 0 heterocycles. The van der Waals surface area contributed by atoms with Crippen molar-refractivity contribution in [3.63, 3.8) is 0 Å². The molecule has 0 bridgehead atoms. The summed E-state index contributed by atoms with van der Waals surface area (Å²) in [6, 6.07) is 18.4. The normalized spacial score (nSPS) is 11.5. The number of hydrogen-bond donors (Lipinski definition) is 2. The lowest BCUT2D eigenvalue weighted by atomic mass is 10.1. The van der Waals surface area contributed by atoms with Crippen molar-refractivity contribution in [1.82, 2.24) is 0 Å². The van der Waals surface area contributed by atoms with Gasteiger partial charge in [-0.1, -0.05) is 24.3 Å². The van der Waals surface area contributed by atoms with Crippen LogP contribution in [0.3, 0.4) is 0 Å². The molecule has 0 saturated heterocycles. The van der Waals surface area contributed by atoms with Crippen LogP contribution in [0.15, 0.2) is 70.6 Å². The molecule has 0 fully saturated rings. The second-order valence-corrected chi connectivity index (χ2v) is 6.12. The van der Waals surface area contributed by atoms with Crippen molar-refractivity contribution in [3.8, 4) is 11.5 Å². The number of aliphatic imine (C=N–C) groups is 2. The van der Waals surface area contributed by atoms with Gasteiger partial charge in [-0.2, -0.15) is 0 Å². The Morgan fingerprint density at radius 3 is 1.35 bits per heavy atom. The summed E-state index contributed by atoms with van der Waals surface area (Å²) in [5.74, 6) is 0.549. The van der Waals surface area contributed by atoms with Crippen molar-refractivity contribution in [2.75, 3.05) is 0 Å². The van der Waals surface area contributed by atoms with Gasteiger partial charge in [0.25, 0.3) is 0 Å². The van der Waals surface area contributed by atoms with Gasteiger partial charge in [-0.3, -0.25) is 9.98 Å². The van der Waals surface area contributed by atoms with Gasteiger partial charge >= 0.3 is 0 Å². The van der Waals surface area contributed by atoms with E-state index >= 15 is 0 Å². The van der Waals surface area contributed by atoms with Gasteiger partial charge in [0.05, 0.1) is 11.4 Å². The van der Waals surface area contributed by atoms with Gasteiger partial charge in [0.2, 0.25) is 0 Å². The average molecular weight is 344 g/mol. The van der Waals surface area contributed by atoms with E-state index in [0.29, 0.717) is 0 Å². The SMILES string of the molecule is Cc1cc(/N=C/c2ccc(/C=N/c3ccc(O)c(C)c3)cc2)ccc1O. The quantitative estimate of drug-likeness (QED) is 0.638. The molecule has 0 unspecified atom stereocenters. The minimum Gasteiger partial charge on any atom is -0.508 e. The molecule has 0 aromatic heterocycles. The average Bonchev–Trinajstić information content (AvgIpc) is 2.64. The van der Waals surface area contributed by atoms with Gasteiger partial charge < -0.3 is 10.2 Å². The Kier molecular flexibility index (Phi) is 5.13. The lowest BCUT2D eigenvalue weighted by Crippen LogP contribution is -1.84. The molecule has 3 aromatic carbocycles. The highest BCUT2D eigenvalue weighted by atomic mass is 16.3. The van der Waals surface area contributed by atoms with E-state index in [2.05, 4.69) is 9.98 Å². The van der Waals surface area contributed by atoms with E-state index in [-0.39, 0.29) is 11.5 Å². The van der Waals surface area contributed by atoms with Crippen LogP contribution in [0.1, 0.15) is 22.3 Å². The zero-order valence-corrected chi connectivity index (χ0v) is 14.7. The van der Waals surface area contributed by atoms with Gasteiger partial charge in [0, 0.05) is 12.4 Å². The molecule has 0 radical (unpaired) electrons. The first-order chi connectivity index (χ1) is 12.5. The summed E-state index contributed by atoms with van der Waals surface area (Å²) in [5, 5.41) is 19.1. The maximum Gasteiger partial charge on any atom is 0.118 e. The van der Waals surface area contributed by atoms with Crippen molar-refractivity contribution in [2.45, 2.75) is 13.8 Å². The van der Waals surface area contributed by atoms with Crippen LogP contribution in [-0.2, 0) is 0 Å². The Bertz CT molecular complexity index is 893. The van der Waals surface area contributed by atoms with E-state index in [4.69, 9.17) is 0 Å². The van der Waals surface area contributed by atoms with Gasteiger partial charge in [0.15, 0.2) is 0 Å². The van der Waals surface area contributed by atoms with Crippen LogP contribution in [0.2, 0.25) is 0 Å². The molecule has 130 valence electrons. The van der Waals surface area contributed by atoms with Crippen LogP contribution >= 0.6 is 0 Å². The Morgan fingerprint density at radius 1 is 0.615 bits per heavy atom. The molecule has 0 aliphatic rings. The maximum atomic E-state index is 9.54. The highest BCUT2D eigenvalue weighted by molar-refractivity contribution is 5.86. The molecule has 0 amide bonds. The second kappa shape index (κ2) is 7.66. The van der Waals surface area contributed by atoms with Crippen molar-refractivity contribution in [1.29, 1.82) is 0 Å². The van der Waals surface area contributed by atoms with Crippen LogP contribution in [0.4, 0.5) is 11.4 Å².